The fraction of sp³-hybridized carbons (Fsp3) is 0.750. The molecule has 7 atom stereocenters. The predicted molar refractivity (Wildman–Crippen MR) is 367 cm³/mol. The molecule has 28 heteroatoms. The normalized spacial score (nSPS) is 27.4. The molecule has 1 unspecified atom stereocenters. The van der Waals surface area contributed by atoms with Crippen LogP contribution in [0.15, 0.2) is 18.2 Å². The van der Waals surface area contributed by atoms with Gasteiger partial charge in [0.15, 0.2) is 0 Å². The number of carbonyl (C=O) groups is 12. The maximum Gasteiger partial charge on any atom is 0.417 e. The van der Waals surface area contributed by atoms with Gasteiger partial charge in [-0.15, -0.1) is 0 Å². The highest BCUT2D eigenvalue weighted by atomic mass is 35.5. The molecule has 0 aromatic heterocycles. The van der Waals surface area contributed by atoms with Crippen LogP contribution in [0.5, 0.6) is 0 Å². The van der Waals surface area contributed by atoms with Crippen LogP contribution in [0.1, 0.15) is 185 Å². The van der Waals surface area contributed by atoms with Crippen molar-refractivity contribution in [3.63, 3.8) is 0 Å². The van der Waals surface area contributed by atoms with E-state index in [1.807, 2.05) is 13.8 Å². The van der Waals surface area contributed by atoms with Crippen molar-refractivity contribution in [3.05, 3.63) is 34.3 Å². The van der Waals surface area contributed by atoms with E-state index in [9.17, 15) is 41.9 Å². The molecule has 1 spiro atoms. The summed E-state index contributed by atoms with van der Waals surface area (Å²) in [5.41, 5.74) is -2.33. The number of alkyl halides is 3. The Morgan fingerprint density at radius 1 is 0.590 bits per heavy atom. The number of aryl methyl sites for hydroxylation is 1. The lowest BCUT2D eigenvalue weighted by atomic mass is 9.81. The predicted octanol–water partition coefficient (Wildman–Crippen LogP) is 5.79. The summed E-state index contributed by atoms with van der Waals surface area (Å²) in [7, 11) is 10.1. The van der Waals surface area contributed by atoms with Crippen LogP contribution in [0.2, 0.25) is 5.02 Å². The number of piperidine rings is 1. The van der Waals surface area contributed by atoms with Gasteiger partial charge in [0.2, 0.25) is 70.9 Å². The van der Waals surface area contributed by atoms with E-state index in [2.05, 4.69) is 16.0 Å². The maximum absolute atomic E-state index is 15.8. The first-order valence-electron chi connectivity index (χ1n) is 36.5. The van der Waals surface area contributed by atoms with Crippen molar-refractivity contribution < 1.29 is 70.7 Å². The van der Waals surface area contributed by atoms with Crippen LogP contribution in [0.3, 0.4) is 0 Å². The smallest absolute Gasteiger partial charge is 0.343 e. The Hall–Kier alpha value is -7.06. The van der Waals surface area contributed by atoms with Gasteiger partial charge in [-0.2, -0.15) is 13.2 Å². The Kier molecular flexibility index (Phi) is 27.3. The zero-order chi connectivity index (χ0) is 73.1. The highest BCUT2D eigenvalue weighted by Crippen LogP contribution is 2.39. The number of nitrogens with one attached hydrogen (secondary N) is 3. The van der Waals surface area contributed by atoms with Gasteiger partial charge in [0.1, 0.15) is 47.8 Å². The number of halogens is 4. The molecule has 100 heavy (non-hydrogen) atoms. The van der Waals surface area contributed by atoms with E-state index >= 15 is 28.8 Å². The highest BCUT2D eigenvalue weighted by Gasteiger charge is 2.52. The van der Waals surface area contributed by atoms with Gasteiger partial charge < -0.3 is 60.0 Å². The Balaban J connectivity index is 1.16. The molecule has 3 N–H and O–H groups in total. The number of hydrogen-bond donors (Lipinski definition) is 3. The number of likely N-dealkylation sites (tertiary alicyclic amines) is 1. The molecule has 8 rings (SSSR count). The van der Waals surface area contributed by atoms with Crippen LogP contribution in [-0.2, 0) is 70.1 Å². The quantitative estimate of drug-likeness (QED) is 0.251. The number of nitrogens with zero attached hydrogens (tertiary/aromatic N) is 9. The summed E-state index contributed by atoms with van der Waals surface area (Å²) in [6.45, 7) is 2.93. The first-order valence-corrected chi connectivity index (χ1v) is 36.9. The third-order valence-corrected chi connectivity index (χ3v) is 22.5. The third-order valence-electron chi connectivity index (χ3n) is 22.2. The average molecular weight is 1430 g/mol. The number of carbonyl (C=O) groups excluding carboxylic acids is 12. The lowest BCUT2D eigenvalue weighted by Crippen LogP contribution is -2.65. The van der Waals surface area contributed by atoms with Crippen molar-refractivity contribution in [2.24, 2.45) is 23.7 Å². The van der Waals surface area contributed by atoms with Crippen LogP contribution in [0.25, 0.3) is 0 Å². The summed E-state index contributed by atoms with van der Waals surface area (Å²) in [6, 6.07) is -5.35. The Morgan fingerprint density at radius 2 is 1.19 bits per heavy atom. The highest BCUT2D eigenvalue weighted by molar-refractivity contribution is 6.31. The van der Waals surface area contributed by atoms with Crippen molar-refractivity contribution in [1.29, 1.82) is 0 Å². The van der Waals surface area contributed by atoms with Gasteiger partial charge in [-0.3, -0.25) is 57.5 Å². The molecule has 4 saturated carbocycles. The summed E-state index contributed by atoms with van der Waals surface area (Å²) >= 11 is 6.16. The van der Waals surface area contributed by atoms with E-state index in [0.717, 1.165) is 79.7 Å². The topological polar surface area (TPSA) is 270 Å². The second-order valence-corrected chi connectivity index (χ2v) is 30.5. The molecule has 24 nitrogen and oxygen atoms in total. The third kappa shape index (κ3) is 19.6. The van der Waals surface area contributed by atoms with E-state index in [4.69, 9.17) is 11.6 Å². The molecule has 4 aliphatic carbocycles. The minimum absolute atomic E-state index is 0.0254. The SMILES string of the molecule is CC(C)C[C@H]1C(=O)N[C@@H](C2CC2)C(=O)N(C)CC(=O)N(C)CC(=O)N(C)[C@@H](CC2CCCCC2)C(=O)N(C)CC(=O)N[C@@H](CCc2ccc(C(F)(F)F)c(Cl)c2)C(=O)N2CCCC2C(=O)NC2(CCCC2)C(=O)N(C)[C@@H](C2CCCCC2)C(=O)N(C)[C@H](C(=O)N2CCCCC2)CC(=O)N1C. The van der Waals surface area contributed by atoms with Gasteiger partial charge in [0, 0.05) is 69.0 Å². The number of fused-ring (bicyclic) bond motifs is 1. The molecule has 7 aliphatic rings. The van der Waals surface area contributed by atoms with Crippen LogP contribution in [0, 0.1) is 23.7 Å². The zero-order valence-electron chi connectivity index (χ0n) is 60.1. The molecule has 3 aliphatic heterocycles. The largest absolute Gasteiger partial charge is 0.417 e. The molecule has 3 saturated heterocycles. The second-order valence-electron chi connectivity index (χ2n) is 30.1. The molecular formula is C72H108ClF3N12O12. The number of benzene rings is 1. The molecule has 556 valence electrons. The molecule has 12 amide bonds. The van der Waals surface area contributed by atoms with Crippen molar-refractivity contribution in [3.8, 4) is 0 Å². The number of rotatable bonds is 10. The van der Waals surface area contributed by atoms with E-state index in [1.165, 1.54) is 84.8 Å². The first-order chi connectivity index (χ1) is 47.3. The van der Waals surface area contributed by atoms with Crippen LogP contribution < -0.4 is 16.0 Å². The van der Waals surface area contributed by atoms with Gasteiger partial charge >= 0.3 is 6.18 Å². The van der Waals surface area contributed by atoms with Gasteiger partial charge in [0.25, 0.3) is 0 Å². The molecule has 7 fully saturated rings. The van der Waals surface area contributed by atoms with E-state index in [0.29, 0.717) is 76.4 Å². The van der Waals surface area contributed by atoms with Gasteiger partial charge in [-0.05, 0) is 138 Å². The maximum atomic E-state index is 15.8. The van der Waals surface area contributed by atoms with E-state index in [-0.39, 0.29) is 69.2 Å². The monoisotopic (exact) mass is 1420 g/mol. The fourth-order valence-electron chi connectivity index (χ4n) is 16.0. The Morgan fingerprint density at radius 3 is 1.80 bits per heavy atom. The van der Waals surface area contributed by atoms with Gasteiger partial charge in [-0.25, -0.2) is 0 Å². The molecule has 0 radical (unpaired) electrons. The Labute approximate surface area is 592 Å². The van der Waals surface area contributed by atoms with E-state index in [1.54, 1.807) is 4.90 Å². The summed E-state index contributed by atoms with van der Waals surface area (Å²) in [5.74, 6) is -8.31. The van der Waals surface area contributed by atoms with Crippen LogP contribution in [-0.4, -0.2) is 251 Å². The fourth-order valence-corrected chi connectivity index (χ4v) is 16.3. The first kappa shape index (κ1) is 78.7. The summed E-state index contributed by atoms with van der Waals surface area (Å²) < 4.78 is 41.6. The molecule has 3 heterocycles. The number of amides is 12. The van der Waals surface area contributed by atoms with Crippen molar-refractivity contribution in [2.45, 2.75) is 235 Å². The average Bonchev–Trinajstić information content (AvgIpc) is 1.30. The Bertz CT molecular complexity index is 3150. The molecule has 0 bridgehead atoms. The molecular weight excluding hydrogens is 1320 g/mol. The number of hydrogen-bond acceptors (Lipinski definition) is 12. The molecule has 1 aromatic carbocycles. The zero-order valence-corrected chi connectivity index (χ0v) is 60.9. The second kappa shape index (κ2) is 34.7. The lowest BCUT2D eigenvalue weighted by molar-refractivity contribution is -0.157. The summed E-state index contributed by atoms with van der Waals surface area (Å²) in [5, 5.41) is 8.21. The van der Waals surface area contributed by atoms with Crippen molar-refractivity contribution in [1.82, 2.24) is 60.0 Å². The van der Waals surface area contributed by atoms with Gasteiger partial charge in [-0.1, -0.05) is 95.7 Å². The standard InChI is InChI=1S/C72H108ClF3N12O12/c1-45(2)38-54-63(93)78-61(48-29-30-48)68(98)82(5)43-59(91)80(3)44-60(92)84(7)55(40-46-22-13-10-14-23-46)66(96)81(4)42-57(89)77-52(32-28-47-27-31-50(51(73)39-47)72(74,75)76)65(95)88-37-21-26-53(88)64(94)79-71(33-17-18-34-71)70(100)86(9)62(49-24-15-11-16-25-49)69(99)85(8)56(41-58(90)83(54)6)67(97)87-35-19-12-20-36-87/h27,31,39,45-46,48-49,52-56,61-62H,10-26,28-30,32-38,40-44H2,1-9H3,(H,77,89)(H,78,93)(H,79,94)/t52-,53?,54-,55-,56-,61-,62-/m0/s1. The summed E-state index contributed by atoms with van der Waals surface area (Å²) in [6.07, 6.45) is 8.01. The number of likely N-dealkylation sites (N-methyl/N-ethyl adjacent to an activating group) is 7. The van der Waals surface area contributed by atoms with Crippen molar-refractivity contribution in [2.75, 3.05) is 88.6 Å². The van der Waals surface area contributed by atoms with Gasteiger partial charge in [0.05, 0.1) is 36.6 Å². The van der Waals surface area contributed by atoms with Crippen molar-refractivity contribution >= 4 is 82.5 Å². The summed E-state index contributed by atoms with van der Waals surface area (Å²) in [4.78, 5) is 191. The van der Waals surface area contributed by atoms with E-state index < -0.39 is 167 Å². The van der Waals surface area contributed by atoms with Crippen LogP contribution in [0.4, 0.5) is 13.2 Å². The minimum Gasteiger partial charge on any atom is -0.343 e. The molecule has 1 aromatic rings. The lowest BCUT2D eigenvalue weighted by Gasteiger charge is -2.43. The minimum atomic E-state index is -4.76. The van der Waals surface area contributed by atoms with Crippen LogP contribution >= 0.6 is 11.6 Å².